The van der Waals surface area contributed by atoms with Crippen molar-refractivity contribution in [2.24, 2.45) is 5.92 Å². The number of hydrogen-bond donors (Lipinski definition) is 1. The number of ether oxygens (including phenoxy) is 3. The zero-order valence-electron chi connectivity index (χ0n) is 19.6. The van der Waals surface area contributed by atoms with Gasteiger partial charge in [-0.1, -0.05) is 13.0 Å². The Labute approximate surface area is 188 Å². The number of methoxy groups -OCH3 is 2. The lowest BCUT2D eigenvalue weighted by Gasteiger charge is -2.34. The minimum atomic E-state index is -0.666. The molecule has 0 radical (unpaired) electrons. The molecule has 1 saturated heterocycles. The Bertz CT molecular complexity index is 779. The number of rotatable bonds is 8. The molecular weight excluding hydrogens is 422 g/mol. The maximum atomic E-state index is 13.8. The molecule has 1 N–H and O–H groups in total. The largest absolute Gasteiger partial charge is 0.444 e. The van der Waals surface area contributed by atoms with E-state index in [-0.39, 0.29) is 30.5 Å². The molecule has 1 aliphatic rings. The van der Waals surface area contributed by atoms with Crippen molar-refractivity contribution in [2.45, 2.75) is 64.4 Å². The average Bonchev–Trinajstić information content (AvgIpc) is 3.13. The van der Waals surface area contributed by atoms with Gasteiger partial charge in [0.2, 0.25) is 5.91 Å². The van der Waals surface area contributed by atoms with Crippen molar-refractivity contribution in [2.75, 3.05) is 27.3 Å². The first-order chi connectivity index (χ1) is 15.0. The van der Waals surface area contributed by atoms with E-state index < -0.39 is 41.4 Å². The third-order valence-electron chi connectivity index (χ3n) is 5.56. The number of halogens is 2. The standard InChI is InChI=1S/C23H34F2N2O5/c1-14(21(28)26-11-10-16-17(24)8-7-9-18(16)25)20(31-6)19-12-15(30-5)13-27(19)22(29)32-23(2,3)4/h7-9,14-15,19-20H,10-13H2,1-6H3,(H,26,28)/t14-,15-,19-,20-/m1/s1. The number of carbonyl (C=O) groups excluding carboxylic acids is 2. The van der Waals surface area contributed by atoms with Crippen molar-refractivity contribution in [1.82, 2.24) is 10.2 Å². The van der Waals surface area contributed by atoms with Crippen LogP contribution in [0.2, 0.25) is 0 Å². The average molecular weight is 457 g/mol. The molecule has 0 aliphatic carbocycles. The minimum absolute atomic E-state index is 0.0217. The number of amides is 2. The lowest BCUT2D eigenvalue weighted by molar-refractivity contribution is -0.130. The number of nitrogens with zero attached hydrogens (tertiary/aromatic N) is 1. The highest BCUT2D eigenvalue weighted by Gasteiger charge is 2.45. The highest BCUT2D eigenvalue weighted by molar-refractivity contribution is 5.79. The fourth-order valence-electron chi connectivity index (χ4n) is 3.93. The Balaban J connectivity index is 2.05. The molecule has 180 valence electrons. The van der Waals surface area contributed by atoms with Crippen molar-refractivity contribution < 1.29 is 32.6 Å². The monoisotopic (exact) mass is 456 g/mol. The van der Waals surface area contributed by atoms with Gasteiger partial charge in [-0.15, -0.1) is 0 Å². The summed E-state index contributed by atoms with van der Waals surface area (Å²) in [6.07, 6.45) is -0.802. The van der Waals surface area contributed by atoms with Crippen molar-refractivity contribution in [3.8, 4) is 0 Å². The van der Waals surface area contributed by atoms with Gasteiger partial charge in [0.25, 0.3) is 0 Å². The van der Waals surface area contributed by atoms with E-state index in [2.05, 4.69) is 5.32 Å². The quantitative estimate of drug-likeness (QED) is 0.650. The SMILES string of the molecule is CO[C@@H]1C[C@H]([C@H](OC)[C@@H](C)C(=O)NCCc2c(F)cccc2F)N(C(=O)OC(C)(C)C)C1. The lowest BCUT2D eigenvalue weighted by Crippen LogP contribution is -2.50. The van der Waals surface area contributed by atoms with Crippen LogP contribution >= 0.6 is 0 Å². The molecule has 1 heterocycles. The van der Waals surface area contributed by atoms with E-state index in [1.165, 1.54) is 25.3 Å². The molecular formula is C23H34F2N2O5. The molecule has 0 aromatic heterocycles. The van der Waals surface area contributed by atoms with Crippen LogP contribution in [0.15, 0.2) is 18.2 Å². The summed E-state index contributed by atoms with van der Waals surface area (Å²) < 4.78 is 44.2. The normalized spacial score (nSPS) is 20.7. The zero-order chi connectivity index (χ0) is 24.1. The van der Waals surface area contributed by atoms with Gasteiger partial charge in [-0.3, -0.25) is 9.69 Å². The van der Waals surface area contributed by atoms with Crippen LogP contribution in [0, 0.1) is 17.6 Å². The van der Waals surface area contributed by atoms with Gasteiger partial charge >= 0.3 is 6.09 Å². The van der Waals surface area contributed by atoms with E-state index in [0.29, 0.717) is 13.0 Å². The van der Waals surface area contributed by atoms with Gasteiger partial charge in [-0.25, -0.2) is 13.6 Å². The van der Waals surface area contributed by atoms with Gasteiger partial charge in [0, 0.05) is 26.3 Å². The smallest absolute Gasteiger partial charge is 0.410 e. The maximum Gasteiger partial charge on any atom is 0.410 e. The van der Waals surface area contributed by atoms with E-state index >= 15 is 0 Å². The van der Waals surface area contributed by atoms with Crippen LogP contribution in [0.25, 0.3) is 0 Å². The summed E-state index contributed by atoms with van der Waals surface area (Å²) in [6.45, 7) is 7.44. The first-order valence-electron chi connectivity index (χ1n) is 10.7. The molecule has 1 aromatic rings. The van der Waals surface area contributed by atoms with Crippen LogP contribution in [0.1, 0.15) is 39.7 Å². The maximum absolute atomic E-state index is 13.8. The second-order valence-electron chi connectivity index (χ2n) is 9.02. The van der Waals surface area contributed by atoms with E-state index in [0.717, 1.165) is 0 Å². The molecule has 0 saturated carbocycles. The summed E-state index contributed by atoms with van der Waals surface area (Å²) >= 11 is 0. The number of benzene rings is 1. The minimum Gasteiger partial charge on any atom is -0.444 e. The van der Waals surface area contributed by atoms with E-state index in [1.807, 2.05) is 0 Å². The molecule has 7 nitrogen and oxygen atoms in total. The van der Waals surface area contributed by atoms with Crippen molar-refractivity contribution in [3.63, 3.8) is 0 Å². The highest BCUT2D eigenvalue weighted by atomic mass is 19.1. The van der Waals surface area contributed by atoms with Crippen LogP contribution in [-0.4, -0.2) is 68.1 Å². The number of likely N-dealkylation sites (tertiary alicyclic amines) is 1. The highest BCUT2D eigenvalue weighted by Crippen LogP contribution is 2.29. The van der Waals surface area contributed by atoms with Crippen LogP contribution in [0.3, 0.4) is 0 Å². The van der Waals surface area contributed by atoms with Gasteiger partial charge in [0.05, 0.1) is 30.7 Å². The Kier molecular flexibility index (Phi) is 8.98. The van der Waals surface area contributed by atoms with Crippen LogP contribution in [0.5, 0.6) is 0 Å². The van der Waals surface area contributed by atoms with Gasteiger partial charge in [0.1, 0.15) is 17.2 Å². The van der Waals surface area contributed by atoms with Gasteiger partial charge in [-0.2, -0.15) is 0 Å². The molecule has 1 aromatic carbocycles. The second kappa shape index (κ2) is 11.0. The summed E-state index contributed by atoms with van der Waals surface area (Å²) in [4.78, 5) is 27.1. The van der Waals surface area contributed by atoms with Crippen molar-refractivity contribution in [3.05, 3.63) is 35.4 Å². The van der Waals surface area contributed by atoms with Gasteiger partial charge in [0.15, 0.2) is 0 Å². The molecule has 9 heteroatoms. The van der Waals surface area contributed by atoms with E-state index in [4.69, 9.17) is 14.2 Å². The number of carbonyl (C=O) groups is 2. The number of hydrogen-bond acceptors (Lipinski definition) is 5. The molecule has 0 unspecified atom stereocenters. The number of nitrogens with one attached hydrogen (secondary N) is 1. The fraction of sp³-hybridized carbons (Fsp3) is 0.652. The van der Waals surface area contributed by atoms with E-state index in [9.17, 15) is 18.4 Å². The first-order valence-corrected chi connectivity index (χ1v) is 10.7. The predicted molar refractivity (Wildman–Crippen MR) is 115 cm³/mol. The fourth-order valence-corrected chi connectivity index (χ4v) is 3.93. The van der Waals surface area contributed by atoms with Gasteiger partial charge in [-0.05, 0) is 45.7 Å². The Hall–Kier alpha value is -2.26. The molecule has 0 bridgehead atoms. The molecule has 1 fully saturated rings. The van der Waals surface area contributed by atoms with Crippen molar-refractivity contribution >= 4 is 12.0 Å². The third-order valence-corrected chi connectivity index (χ3v) is 5.56. The zero-order valence-corrected chi connectivity index (χ0v) is 19.6. The Morgan fingerprint density at radius 3 is 2.38 bits per heavy atom. The van der Waals surface area contributed by atoms with Crippen LogP contribution in [-0.2, 0) is 25.4 Å². The van der Waals surface area contributed by atoms with Crippen LogP contribution in [0.4, 0.5) is 13.6 Å². The summed E-state index contributed by atoms with van der Waals surface area (Å²) in [5.74, 6) is -2.26. The predicted octanol–water partition coefficient (Wildman–Crippen LogP) is 3.30. The Morgan fingerprint density at radius 2 is 1.84 bits per heavy atom. The summed E-state index contributed by atoms with van der Waals surface area (Å²) in [6, 6.07) is 3.23. The van der Waals surface area contributed by atoms with Crippen molar-refractivity contribution in [1.29, 1.82) is 0 Å². The van der Waals surface area contributed by atoms with Crippen LogP contribution < -0.4 is 5.32 Å². The molecule has 1 aliphatic heterocycles. The Morgan fingerprint density at radius 1 is 1.22 bits per heavy atom. The lowest BCUT2D eigenvalue weighted by atomic mass is 9.94. The summed E-state index contributed by atoms with van der Waals surface area (Å²) in [5.41, 5.74) is -0.737. The summed E-state index contributed by atoms with van der Waals surface area (Å²) in [7, 11) is 3.05. The molecule has 2 rings (SSSR count). The van der Waals surface area contributed by atoms with Gasteiger partial charge < -0.3 is 19.5 Å². The topological polar surface area (TPSA) is 77.1 Å². The third kappa shape index (κ3) is 6.62. The summed E-state index contributed by atoms with van der Waals surface area (Å²) in [5, 5.41) is 2.71. The first kappa shape index (κ1) is 26.0. The molecule has 0 spiro atoms. The molecule has 4 atom stereocenters. The molecule has 2 amide bonds. The second-order valence-corrected chi connectivity index (χ2v) is 9.02. The molecule has 32 heavy (non-hydrogen) atoms. The van der Waals surface area contributed by atoms with E-state index in [1.54, 1.807) is 39.7 Å².